The van der Waals surface area contributed by atoms with E-state index in [-0.39, 0.29) is 11.7 Å². The van der Waals surface area contributed by atoms with Crippen molar-refractivity contribution in [3.8, 4) is 11.5 Å². The van der Waals surface area contributed by atoms with Gasteiger partial charge in [-0.25, -0.2) is 0 Å². The van der Waals surface area contributed by atoms with Gasteiger partial charge in [-0.15, -0.1) is 0 Å². The summed E-state index contributed by atoms with van der Waals surface area (Å²) in [4.78, 5) is 18.0. The highest BCUT2D eigenvalue weighted by Gasteiger charge is 2.24. The molecule has 3 rings (SSSR count). The fourth-order valence-corrected chi connectivity index (χ4v) is 3.45. The number of amides is 1. The summed E-state index contributed by atoms with van der Waals surface area (Å²) in [6.45, 7) is 4.72. The molecular weight excluding hydrogens is 342 g/mol. The quantitative estimate of drug-likeness (QED) is 0.789. The van der Waals surface area contributed by atoms with Crippen molar-refractivity contribution in [2.75, 3.05) is 51.8 Å². The van der Waals surface area contributed by atoms with Crippen molar-refractivity contribution in [1.82, 2.24) is 4.90 Å². The normalized spacial score (nSPS) is 14.8. The second-order valence-corrected chi connectivity index (χ2v) is 6.99. The van der Waals surface area contributed by atoms with Crippen molar-refractivity contribution >= 4 is 11.6 Å². The number of ether oxygens (including phenoxy) is 1. The summed E-state index contributed by atoms with van der Waals surface area (Å²) in [5, 5.41) is 9.41. The fourth-order valence-electron chi connectivity index (χ4n) is 3.45. The number of benzene rings is 2. The highest BCUT2D eigenvalue weighted by molar-refractivity contribution is 5.76. The molecule has 0 unspecified atom stereocenters. The lowest BCUT2D eigenvalue weighted by atomic mass is 10.2. The lowest BCUT2D eigenvalue weighted by molar-refractivity contribution is -0.892. The second kappa shape index (κ2) is 8.77. The number of likely N-dealkylation sites (N-methyl/N-ethyl adjacent to an activating group) is 1. The first-order valence-corrected chi connectivity index (χ1v) is 9.30. The number of hydrogen-bond acceptors (Lipinski definition) is 4. The molecular formula is C21H28N3O3+. The van der Waals surface area contributed by atoms with Crippen LogP contribution in [0.1, 0.15) is 5.56 Å². The number of aromatic hydroxyl groups is 1. The number of carbonyl (C=O) groups is 1. The zero-order valence-corrected chi connectivity index (χ0v) is 16.0. The zero-order chi connectivity index (χ0) is 19.2. The van der Waals surface area contributed by atoms with E-state index in [1.807, 2.05) is 43.4 Å². The lowest BCUT2D eigenvalue weighted by Gasteiger charge is -2.34. The molecule has 2 N–H and O–H groups in total. The van der Waals surface area contributed by atoms with Crippen molar-refractivity contribution in [3.63, 3.8) is 0 Å². The first kappa shape index (κ1) is 19.0. The Bertz CT molecular complexity index is 756. The predicted molar refractivity (Wildman–Crippen MR) is 105 cm³/mol. The van der Waals surface area contributed by atoms with Gasteiger partial charge >= 0.3 is 0 Å². The van der Waals surface area contributed by atoms with Crippen molar-refractivity contribution < 1.29 is 19.5 Å². The van der Waals surface area contributed by atoms with Gasteiger partial charge in [-0.3, -0.25) is 4.79 Å². The molecule has 2 aromatic rings. The number of piperazine rings is 1. The standard InChI is InChI=1S/C21H27N3O3/c1-22(15-17-5-3-4-6-20(17)27-2)21(26)16-23-11-13-24(14-12-23)18-7-9-19(25)10-8-18/h3-10,25H,11-16H2,1-2H3/p+1. The number of nitrogens with zero attached hydrogens (tertiary/aromatic N) is 2. The van der Waals surface area contributed by atoms with E-state index in [4.69, 9.17) is 4.74 Å². The van der Waals surface area contributed by atoms with Gasteiger partial charge in [0.25, 0.3) is 5.91 Å². The van der Waals surface area contributed by atoms with Gasteiger partial charge in [0.2, 0.25) is 0 Å². The Morgan fingerprint density at radius 1 is 1.15 bits per heavy atom. The number of methoxy groups -OCH3 is 1. The highest BCUT2D eigenvalue weighted by atomic mass is 16.5. The van der Waals surface area contributed by atoms with Gasteiger partial charge in [0.05, 0.1) is 33.3 Å². The molecule has 0 aromatic heterocycles. The monoisotopic (exact) mass is 370 g/mol. The maximum absolute atomic E-state index is 12.6. The average molecular weight is 370 g/mol. The van der Waals surface area contributed by atoms with Crippen LogP contribution in [0.15, 0.2) is 48.5 Å². The first-order valence-electron chi connectivity index (χ1n) is 9.30. The first-order chi connectivity index (χ1) is 13.1. The van der Waals surface area contributed by atoms with Crippen LogP contribution in [0.5, 0.6) is 11.5 Å². The van der Waals surface area contributed by atoms with Gasteiger partial charge in [-0.1, -0.05) is 18.2 Å². The van der Waals surface area contributed by atoms with Crippen molar-refractivity contribution in [2.45, 2.75) is 6.54 Å². The molecule has 0 bridgehead atoms. The summed E-state index contributed by atoms with van der Waals surface area (Å²) in [6.07, 6.45) is 0. The summed E-state index contributed by atoms with van der Waals surface area (Å²) in [5.74, 6) is 1.24. The third-order valence-electron chi connectivity index (χ3n) is 5.11. The fraction of sp³-hybridized carbons (Fsp3) is 0.381. The van der Waals surface area contributed by atoms with Crippen LogP contribution in [-0.4, -0.2) is 62.8 Å². The van der Waals surface area contributed by atoms with Crippen LogP contribution in [0.4, 0.5) is 5.69 Å². The molecule has 1 heterocycles. The maximum atomic E-state index is 12.6. The molecule has 27 heavy (non-hydrogen) atoms. The van der Waals surface area contributed by atoms with Gasteiger partial charge in [0, 0.05) is 24.8 Å². The molecule has 1 aliphatic heterocycles. The molecule has 6 nitrogen and oxygen atoms in total. The minimum Gasteiger partial charge on any atom is -0.508 e. The zero-order valence-electron chi connectivity index (χ0n) is 16.0. The molecule has 0 saturated carbocycles. The molecule has 0 radical (unpaired) electrons. The van der Waals surface area contributed by atoms with Crippen LogP contribution in [0.3, 0.4) is 0 Å². The Balaban J connectivity index is 1.49. The minimum absolute atomic E-state index is 0.147. The van der Waals surface area contributed by atoms with Crippen molar-refractivity contribution in [3.05, 3.63) is 54.1 Å². The molecule has 0 aliphatic carbocycles. The van der Waals surface area contributed by atoms with Gasteiger partial charge < -0.3 is 24.5 Å². The number of rotatable bonds is 6. The molecule has 1 fully saturated rings. The van der Waals surface area contributed by atoms with Gasteiger partial charge in [-0.05, 0) is 30.3 Å². The Morgan fingerprint density at radius 3 is 2.48 bits per heavy atom. The van der Waals surface area contributed by atoms with E-state index in [1.165, 1.54) is 4.90 Å². The number of nitrogens with one attached hydrogen (secondary N) is 1. The topological polar surface area (TPSA) is 57.5 Å². The Hall–Kier alpha value is -2.73. The third-order valence-corrected chi connectivity index (χ3v) is 5.11. The molecule has 1 amide bonds. The molecule has 144 valence electrons. The number of phenolic OH excluding ortho intramolecular Hbond substituents is 1. The van der Waals surface area contributed by atoms with Gasteiger partial charge in [0.15, 0.2) is 6.54 Å². The third kappa shape index (κ3) is 4.92. The number of carbonyl (C=O) groups excluding carboxylic acids is 1. The van der Waals surface area contributed by atoms with Gasteiger partial charge in [-0.2, -0.15) is 0 Å². The summed E-state index contributed by atoms with van der Waals surface area (Å²) < 4.78 is 5.37. The number of para-hydroxylation sites is 1. The molecule has 1 saturated heterocycles. The van der Waals surface area contributed by atoms with Crippen LogP contribution in [0, 0.1) is 0 Å². The van der Waals surface area contributed by atoms with E-state index in [9.17, 15) is 9.90 Å². The molecule has 2 aromatic carbocycles. The maximum Gasteiger partial charge on any atom is 0.277 e. The predicted octanol–water partition coefficient (Wildman–Crippen LogP) is 0.764. The van der Waals surface area contributed by atoms with Crippen LogP contribution in [0.2, 0.25) is 0 Å². The van der Waals surface area contributed by atoms with E-state index >= 15 is 0 Å². The molecule has 1 aliphatic rings. The largest absolute Gasteiger partial charge is 0.508 e. The summed E-state index contributed by atoms with van der Waals surface area (Å²) in [6, 6.07) is 15.1. The minimum atomic E-state index is 0.147. The molecule has 0 atom stereocenters. The number of phenols is 1. The number of anilines is 1. The lowest BCUT2D eigenvalue weighted by Crippen LogP contribution is -3.15. The van der Waals surface area contributed by atoms with Crippen LogP contribution >= 0.6 is 0 Å². The van der Waals surface area contributed by atoms with E-state index < -0.39 is 0 Å². The molecule has 0 spiro atoms. The Morgan fingerprint density at radius 2 is 1.81 bits per heavy atom. The van der Waals surface area contributed by atoms with Gasteiger partial charge in [0.1, 0.15) is 11.5 Å². The van der Waals surface area contributed by atoms with Crippen molar-refractivity contribution in [1.29, 1.82) is 0 Å². The van der Waals surface area contributed by atoms with E-state index in [0.717, 1.165) is 43.2 Å². The van der Waals surface area contributed by atoms with Crippen LogP contribution < -0.4 is 14.5 Å². The summed E-state index contributed by atoms with van der Waals surface area (Å²) in [5.41, 5.74) is 2.13. The van der Waals surface area contributed by atoms with E-state index in [0.29, 0.717) is 13.1 Å². The van der Waals surface area contributed by atoms with Crippen LogP contribution in [-0.2, 0) is 11.3 Å². The highest BCUT2D eigenvalue weighted by Crippen LogP contribution is 2.19. The molecule has 6 heteroatoms. The van der Waals surface area contributed by atoms with Crippen LogP contribution in [0.25, 0.3) is 0 Å². The average Bonchev–Trinajstić information content (AvgIpc) is 2.69. The van der Waals surface area contributed by atoms with E-state index in [1.54, 1.807) is 24.1 Å². The SMILES string of the molecule is COc1ccccc1CN(C)C(=O)C[NH+]1CCN(c2ccc(O)cc2)CC1. The number of hydrogen-bond donors (Lipinski definition) is 2. The smallest absolute Gasteiger partial charge is 0.277 e. The Kier molecular flexibility index (Phi) is 6.19. The van der Waals surface area contributed by atoms with E-state index in [2.05, 4.69) is 4.90 Å². The summed E-state index contributed by atoms with van der Waals surface area (Å²) >= 11 is 0. The second-order valence-electron chi connectivity index (χ2n) is 6.99. The Labute approximate surface area is 160 Å². The summed E-state index contributed by atoms with van der Waals surface area (Å²) in [7, 11) is 3.50. The number of quaternary nitrogens is 1. The van der Waals surface area contributed by atoms with Crippen molar-refractivity contribution in [2.24, 2.45) is 0 Å².